The van der Waals surface area contributed by atoms with Crippen molar-refractivity contribution in [2.24, 2.45) is 11.3 Å². The van der Waals surface area contributed by atoms with E-state index in [2.05, 4.69) is 16.8 Å². The van der Waals surface area contributed by atoms with E-state index in [4.69, 9.17) is 0 Å². The molecule has 8 heteroatoms. The Kier molecular flexibility index (Phi) is 4.25. The molecule has 7 nitrogen and oxygen atoms in total. The Balaban J connectivity index is 1.63. The van der Waals surface area contributed by atoms with Crippen molar-refractivity contribution in [3.05, 3.63) is 41.6 Å². The van der Waals surface area contributed by atoms with Crippen LogP contribution in [0.2, 0.25) is 0 Å². The maximum absolute atomic E-state index is 12.1. The molecule has 2 saturated heterocycles. The first-order valence-electron chi connectivity index (χ1n) is 8.95. The monoisotopic (exact) mass is 389 g/mol. The number of likely N-dealkylation sites (tertiary alicyclic amines) is 1. The molecule has 2 atom stereocenters. The van der Waals surface area contributed by atoms with Gasteiger partial charge in [0, 0.05) is 50.2 Å². The third-order valence-corrected chi connectivity index (χ3v) is 7.27. The van der Waals surface area contributed by atoms with Gasteiger partial charge in [-0.05, 0) is 30.2 Å². The molecule has 1 N–H and O–H groups in total. The van der Waals surface area contributed by atoms with E-state index in [1.165, 1.54) is 4.31 Å². The lowest BCUT2D eigenvalue weighted by Gasteiger charge is -2.25. The molecular formula is C19H23N3O4S. The van der Waals surface area contributed by atoms with Crippen molar-refractivity contribution in [2.75, 3.05) is 32.4 Å². The summed E-state index contributed by atoms with van der Waals surface area (Å²) in [6.45, 7) is 3.95. The molecule has 0 saturated carbocycles. The zero-order valence-electron chi connectivity index (χ0n) is 15.4. The number of carboxylic acids is 1. The van der Waals surface area contributed by atoms with Gasteiger partial charge in [0.25, 0.3) is 0 Å². The second kappa shape index (κ2) is 6.25. The Labute approximate surface area is 158 Å². The van der Waals surface area contributed by atoms with Crippen LogP contribution >= 0.6 is 0 Å². The van der Waals surface area contributed by atoms with E-state index in [9.17, 15) is 18.3 Å². The summed E-state index contributed by atoms with van der Waals surface area (Å²) in [4.78, 5) is 18.7. The van der Waals surface area contributed by atoms with Crippen LogP contribution in [0, 0.1) is 18.3 Å². The van der Waals surface area contributed by atoms with Crippen LogP contribution in [-0.4, -0.2) is 66.1 Å². The van der Waals surface area contributed by atoms with Crippen molar-refractivity contribution in [1.29, 1.82) is 0 Å². The summed E-state index contributed by atoms with van der Waals surface area (Å²) < 4.78 is 25.1. The summed E-state index contributed by atoms with van der Waals surface area (Å²) in [5.74, 6) is -1.10. The molecule has 3 heterocycles. The van der Waals surface area contributed by atoms with Crippen LogP contribution in [0.3, 0.4) is 0 Å². The summed E-state index contributed by atoms with van der Waals surface area (Å²) in [7, 11) is -3.38. The second-order valence-electron chi connectivity index (χ2n) is 7.81. The SMILES string of the molecule is Cc1ccc2ncccc2c1CN1C[C@H]2CN(S(C)(=O)=O)C[C@@]2(C(=O)O)C1. The van der Waals surface area contributed by atoms with Crippen LogP contribution < -0.4 is 0 Å². The minimum atomic E-state index is -3.38. The molecule has 27 heavy (non-hydrogen) atoms. The van der Waals surface area contributed by atoms with Crippen molar-refractivity contribution in [2.45, 2.75) is 13.5 Å². The third-order valence-electron chi connectivity index (χ3n) is 6.06. The fraction of sp³-hybridized carbons (Fsp3) is 0.474. The number of carbonyl (C=O) groups is 1. The van der Waals surface area contributed by atoms with Gasteiger partial charge in [-0.15, -0.1) is 0 Å². The number of aryl methyl sites for hydroxylation is 1. The number of fused-ring (bicyclic) bond motifs is 2. The van der Waals surface area contributed by atoms with Gasteiger partial charge in [-0.3, -0.25) is 14.7 Å². The highest BCUT2D eigenvalue weighted by molar-refractivity contribution is 7.88. The second-order valence-corrected chi connectivity index (χ2v) is 9.80. The van der Waals surface area contributed by atoms with E-state index in [0.29, 0.717) is 19.6 Å². The quantitative estimate of drug-likeness (QED) is 0.848. The lowest BCUT2D eigenvalue weighted by Crippen LogP contribution is -2.41. The Bertz CT molecular complexity index is 1020. The average Bonchev–Trinajstić information content (AvgIpc) is 3.12. The minimum Gasteiger partial charge on any atom is -0.481 e. The highest BCUT2D eigenvalue weighted by Gasteiger charge is 2.59. The van der Waals surface area contributed by atoms with Crippen molar-refractivity contribution in [3.63, 3.8) is 0 Å². The zero-order chi connectivity index (χ0) is 19.4. The van der Waals surface area contributed by atoms with E-state index >= 15 is 0 Å². The van der Waals surface area contributed by atoms with Gasteiger partial charge < -0.3 is 5.11 Å². The topological polar surface area (TPSA) is 90.8 Å². The van der Waals surface area contributed by atoms with Crippen molar-refractivity contribution >= 4 is 26.9 Å². The van der Waals surface area contributed by atoms with Crippen LogP contribution in [0.5, 0.6) is 0 Å². The molecule has 0 spiro atoms. The first kappa shape index (κ1) is 18.3. The molecule has 0 radical (unpaired) electrons. The van der Waals surface area contributed by atoms with Gasteiger partial charge in [-0.1, -0.05) is 12.1 Å². The van der Waals surface area contributed by atoms with Gasteiger partial charge in [-0.2, -0.15) is 0 Å². The van der Waals surface area contributed by atoms with Crippen LogP contribution in [0.15, 0.2) is 30.5 Å². The van der Waals surface area contributed by atoms with Gasteiger partial charge in [0.05, 0.1) is 17.2 Å². The third kappa shape index (κ3) is 3.01. The molecule has 2 aliphatic heterocycles. The molecular weight excluding hydrogens is 366 g/mol. The first-order chi connectivity index (χ1) is 12.7. The van der Waals surface area contributed by atoms with E-state index in [-0.39, 0.29) is 19.0 Å². The van der Waals surface area contributed by atoms with Crippen molar-refractivity contribution < 1.29 is 18.3 Å². The van der Waals surface area contributed by atoms with Crippen LogP contribution in [0.1, 0.15) is 11.1 Å². The Hall–Kier alpha value is -2.03. The molecule has 2 aliphatic rings. The van der Waals surface area contributed by atoms with Gasteiger partial charge in [-0.25, -0.2) is 12.7 Å². The maximum Gasteiger partial charge on any atom is 0.312 e. The number of aromatic nitrogens is 1. The minimum absolute atomic E-state index is 0.0540. The summed E-state index contributed by atoms with van der Waals surface area (Å²) in [6, 6.07) is 7.99. The van der Waals surface area contributed by atoms with Crippen LogP contribution in [-0.2, 0) is 21.4 Å². The van der Waals surface area contributed by atoms with Crippen molar-refractivity contribution in [3.8, 4) is 0 Å². The van der Waals surface area contributed by atoms with Gasteiger partial charge >= 0.3 is 5.97 Å². The molecule has 144 valence electrons. The number of sulfonamides is 1. The number of rotatable bonds is 4. The van der Waals surface area contributed by atoms with E-state index in [0.717, 1.165) is 28.3 Å². The smallest absolute Gasteiger partial charge is 0.312 e. The molecule has 0 bridgehead atoms. The maximum atomic E-state index is 12.1. The lowest BCUT2D eigenvalue weighted by molar-refractivity contribution is -0.148. The molecule has 0 unspecified atom stereocenters. The molecule has 0 amide bonds. The molecule has 2 fully saturated rings. The van der Waals surface area contributed by atoms with Gasteiger partial charge in [0.2, 0.25) is 10.0 Å². The van der Waals surface area contributed by atoms with Crippen LogP contribution in [0.4, 0.5) is 0 Å². The lowest BCUT2D eigenvalue weighted by atomic mass is 9.81. The van der Waals surface area contributed by atoms with Crippen LogP contribution in [0.25, 0.3) is 10.9 Å². The molecule has 1 aromatic carbocycles. The Morgan fingerprint density at radius 3 is 2.74 bits per heavy atom. The molecule has 2 aromatic rings. The Morgan fingerprint density at radius 2 is 2.07 bits per heavy atom. The highest BCUT2D eigenvalue weighted by Crippen LogP contribution is 2.44. The van der Waals surface area contributed by atoms with Crippen molar-refractivity contribution in [1.82, 2.24) is 14.2 Å². The molecule has 4 rings (SSSR count). The fourth-order valence-corrected chi connectivity index (χ4v) is 5.47. The molecule has 0 aliphatic carbocycles. The van der Waals surface area contributed by atoms with E-state index in [1.807, 2.05) is 24.3 Å². The summed E-state index contributed by atoms with van der Waals surface area (Å²) in [5, 5.41) is 11.0. The number of pyridine rings is 1. The summed E-state index contributed by atoms with van der Waals surface area (Å²) >= 11 is 0. The number of nitrogens with zero attached hydrogens (tertiary/aromatic N) is 3. The largest absolute Gasteiger partial charge is 0.481 e. The normalized spacial score (nSPS) is 26.5. The number of carboxylic acid groups (broad SMARTS) is 1. The molecule has 1 aromatic heterocycles. The highest BCUT2D eigenvalue weighted by atomic mass is 32.2. The number of hydrogen-bond acceptors (Lipinski definition) is 5. The predicted octanol–water partition coefficient (Wildman–Crippen LogP) is 1.32. The zero-order valence-corrected chi connectivity index (χ0v) is 16.2. The first-order valence-corrected chi connectivity index (χ1v) is 10.8. The van der Waals surface area contributed by atoms with E-state index in [1.54, 1.807) is 6.20 Å². The van der Waals surface area contributed by atoms with E-state index < -0.39 is 21.4 Å². The fourth-order valence-electron chi connectivity index (χ4n) is 4.55. The Morgan fingerprint density at radius 1 is 1.30 bits per heavy atom. The predicted molar refractivity (Wildman–Crippen MR) is 102 cm³/mol. The number of hydrogen-bond donors (Lipinski definition) is 1. The average molecular weight is 389 g/mol. The number of benzene rings is 1. The summed E-state index contributed by atoms with van der Waals surface area (Å²) in [5.41, 5.74) is 2.20. The van der Waals surface area contributed by atoms with Gasteiger partial charge in [0.15, 0.2) is 0 Å². The number of aliphatic carboxylic acids is 1. The summed E-state index contributed by atoms with van der Waals surface area (Å²) in [6.07, 6.45) is 2.91. The standard InChI is InChI=1S/C19H23N3O4S/c1-13-5-6-17-15(4-3-7-20-17)16(13)10-21-8-14-9-22(27(2,25)26)12-19(14,11-21)18(23)24/h3-7,14H,8-12H2,1-2H3,(H,23,24)/t14-,19-/m0/s1. The van der Waals surface area contributed by atoms with Gasteiger partial charge in [0.1, 0.15) is 0 Å².